The molecule has 0 spiro atoms. The summed E-state index contributed by atoms with van der Waals surface area (Å²) in [5.41, 5.74) is 3.81. The molecule has 21 heavy (non-hydrogen) atoms. The van der Waals surface area contributed by atoms with E-state index in [-0.39, 0.29) is 5.82 Å². The van der Waals surface area contributed by atoms with Crippen LogP contribution in [0.25, 0.3) is 0 Å². The molecule has 0 atom stereocenters. The van der Waals surface area contributed by atoms with E-state index >= 15 is 0 Å². The fourth-order valence-corrected chi connectivity index (χ4v) is 2.93. The van der Waals surface area contributed by atoms with Crippen LogP contribution in [0, 0.1) is 5.82 Å². The lowest BCUT2D eigenvalue weighted by Gasteiger charge is -2.19. The highest BCUT2D eigenvalue weighted by atomic mass is 35.5. The first-order valence-electron chi connectivity index (χ1n) is 7.20. The van der Waals surface area contributed by atoms with Gasteiger partial charge in [0.15, 0.2) is 0 Å². The molecule has 0 fully saturated rings. The zero-order chi connectivity index (χ0) is 14.8. The van der Waals surface area contributed by atoms with Crippen LogP contribution in [0.1, 0.15) is 35.3 Å². The molecule has 0 bridgehead atoms. The third-order valence-corrected chi connectivity index (χ3v) is 4.15. The number of aryl methyl sites for hydroxylation is 1. The number of halogens is 2. The molecule has 1 N–H and O–H groups in total. The number of nitrogens with zero attached hydrogens (tertiary/aromatic N) is 2. The molecule has 0 saturated carbocycles. The maximum absolute atomic E-state index is 13.9. The average Bonchev–Trinajstić information content (AvgIpc) is 2.50. The number of hydrogen-bond donors (Lipinski definition) is 1. The van der Waals surface area contributed by atoms with Gasteiger partial charge in [-0.2, -0.15) is 0 Å². The quantitative estimate of drug-likeness (QED) is 0.947. The Balaban J connectivity index is 1.99. The number of benzene rings is 1. The van der Waals surface area contributed by atoms with Gasteiger partial charge in [0.25, 0.3) is 0 Å². The van der Waals surface area contributed by atoms with E-state index in [1.165, 1.54) is 11.6 Å². The highest BCUT2D eigenvalue weighted by Gasteiger charge is 2.18. The number of nitrogens with one attached hydrogen (secondary N) is 1. The first kappa shape index (κ1) is 14.4. The van der Waals surface area contributed by atoms with Crippen LogP contribution >= 0.6 is 11.6 Å². The van der Waals surface area contributed by atoms with Crippen molar-refractivity contribution >= 4 is 11.6 Å². The van der Waals surface area contributed by atoms with Gasteiger partial charge in [-0.3, -0.25) is 0 Å². The smallest absolute Gasteiger partial charge is 0.133 e. The van der Waals surface area contributed by atoms with E-state index < -0.39 is 0 Å². The van der Waals surface area contributed by atoms with Gasteiger partial charge in [0, 0.05) is 47.8 Å². The van der Waals surface area contributed by atoms with Crippen LogP contribution in [0.2, 0.25) is 5.02 Å². The summed E-state index contributed by atoms with van der Waals surface area (Å²) in [5, 5.41) is 3.77. The van der Waals surface area contributed by atoms with Crippen LogP contribution in [0.5, 0.6) is 0 Å². The maximum atomic E-state index is 13.9. The van der Waals surface area contributed by atoms with Crippen molar-refractivity contribution in [3.63, 3.8) is 0 Å². The minimum atomic E-state index is -0.302. The molecule has 1 aliphatic rings. The summed E-state index contributed by atoms with van der Waals surface area (Å²) in [6.07, 6.45) is 2.08. The second-order valence-electron chi connectivity index (χ2n) is 5.17. The van der Waals surface area contributed by atoms with E-state index in [1.54, 1.807) is 12.1 Å². The second kappa shape index (κ2) is 6.08. The third-order valence-electron chi connectivity index (χ3n) is 3.80. The molecule has 1 aromatic heterocycles. The molecule has 3 rings (SSSR count). The molecule has 0 amide bonds. The van der Waals surface area contributed by atoms with Gasteiger partial charge in [-0.05, 0) is 18.6 Å². The van der Waals surface area contributed by atoms with Crippen LogP contribution in [0.4, 0.5) is 4.39 Å². The number of hydrogen-bond acceptors (Lipinski definition) is 3. The highest BCUT2D eigenvalue weighted by molar-refractivity contribution is 6.31. The SMILES string of the molecule is CCc1nc(Cc2c(F)cccc2Cl)nc2c1CNCC2. The molecule has 1 aromatic carbocycles. The van der Waals surface area contributed by atoms with Crippen molar-refractivity contribution in [2.45, 2.75) is 32.7 Å². The molecule has 2 aromatic rings. The molecule has 0 aliphatic carbocycles. The lowest BCUT2D eigenvalue weighted by Crippen LogP contribution is -2.27. The predicted molar refractivity (Wildman–Crippen MR) is 81.0 cm³/mol. The Labute approximate surface area is 128 Å². The molecule has 0 unspecified atom stereocenters. The fourth-order valence-electron chi connectivity index (χ4n) is 2.70. The monoisotopic (exact) mass is 305 g/mol. The lowest BCUT2D eigenvalue weighted by atomic mass is 10.0. The minimum Gasteiger partial charge on any atom is -0.312 e. The Morgan fingerprint density at radius 3 is 2.95 bits per heavy atom. The van der Waals surface area contributed by atoms with Gasteiger partial charge in [0.1, 0.15) is 11.6 Å². The van der Waals surface area contributed by atoms with E-state index in [2.05, 4.69) is 22.2 Å². The van der Waals surface area contributed by atoms with Crippen molar-refractivity contribution in [2.24, 2.45) is 0 Å². The average molecular weight is 306 g/mol. The Hall–Kier alpha value is -1.52. The Bertz CT molecular complexity index is 635. The van der Waals surface area contributed by atoms with Gasteiger partial charge in [-0.15, -0.1) is 0 Å². The molecule has 2 heterocycles. The summed E-state index contributed by atoms with van der Waals surface area (Å²) in [7, 11) is 0. The van der Waals surface area contributed by atoms with E-state index in [9.17, 15) is 4.39 Å². The van der Waals surface area contributed by atoms with E-state index in [0.717, 1.165) is 37.3 Å². The molecule has 0 saturated heterocycles. The van der Waals surface area contributed by atoms with Crippen LogP contribution < -0.4 is 5.32 Å². The first-order chi connectivity index (χ1) is 10.2. The van der Waals surface area contributed by atoms with Crippen LogP contribution in [0.15, 0.2) is 18.2 Å². The Morgan fingerprint density at radius 1 is 1.33 bits per heavy atom. The van der Waals surface area contributed by atoms with Crippen LogP contribution in [0.3, 0.4) is 0 Å². The van der Waals surface area contributed by atoms with Gasteiger partial charge >= 0.3 is 0 Å². The standard InChI is InChI=1S/C16H17ClFN3/c1-2-14-11-9-19-7-6-15(11)21-16(20-14)8-10-12(17)4-3-5-13(10)18/h3-5,19H,2,6-9H2,1H3. The topological polar surface area (TPSA) is 37.8 Å². The number of rotatable bonds is 3. The Kier molecular flexibility index (Phi) is 4.17. The van der Waals surface area contributed by atoms with Crippen molar-refractivity contribution in [2.75, 3.05) is 6.54 Å². The van der Waals surface area contributed by atoms with E-state index in [1.807, 2.05) is 0 Å². The van der Waals surface area contributed by atoms with Gasteiger partial charge in [-0.1, -0.05) is 24.6 Å². The summed E-state index contributed by atoms with van der Waals surface area (Å²) in [6.45, 7) is 3.82. The van der Waals surface area contributed by atoms with Crippen LogP contribution in [-0.2, 0) is 25.8 Å². The number of fused-ring (bicyclic) bond motifs is 1. The fraction of sp³-hybridized carbons (Fsp3) is 0.375. The zero-order valence-electron chi connectivity index (χ0n) is 11.9. The van der Waals surface area contributed by atoms with Crippen molar-refractivity contribution in [1.29, 1.82) is 0 Å². The van der Waals surface area contributed by atoms with Gasteiger partial charge < -0.3 is 5.32 Å². The molecule has 0 radical (unpaired) electrons. The normalized spacial score (nSPS) is 14.0. The van der Waals surface area contributed by atoms with Crippen LogP contribution in [-0.4, -0.2) is 16.5 Å². The second-order valence-corrected chi connectivity index (χ2v) is 5.58. The molecular weight excluding hydrogens is 289 g/mol. The summed E-state index contributed by atoms with van der Waals surface area (Å²) < 4.78 is 13.9. The molecule has 5 heteroatoms. The molecule has 110 valence electrons. The van der Waals surface area contributed by atoms with E-state index in [0.29, 0.717) is 22.8 Å². The highest BCUT2D eigenvalue weighted by Crippen LogP contribution is 2.23. The van der Waals surface area contributed by atoms with Crippen molar-refractivity contribution in [3.8, 4) is 0 Å². The van der Waals surface area contributed by atoms with Gasteiger partial charge in [-0.25, -0.2) is 14.4 Å². The van der Waals surface area contributed by atoms with Gasteiger partial charge in [0.05, 0.1) is 5.69 Å². The molecular formula is C16H17ClFN3. The van der Waals surface area contributed by atoms with Crippen molar-refractivity contribution in [3.05, 3.63) is 57.4 Å². The first-order valence-corrected chi connectivity index (χ1v) is 7.58. The van der Waals surface area contributed by atoms with Gasteiger partial charge in [0.2, 0.25) is 0 Å². The minimum absolute atomic E-state index is 0.302. The number of aromatic nitrogens is 2. The Morgan fingerprint density at radius 2 is 2.19 bits per heavy atom. The zero-order valence-corrected chi connectivity index (χ0v) is 12.7. The summed E-state index contributed by atoms with van der Waals surface area (Å²) in [6, 6.07) is 4.73. The van der Waals surface area contributed by atoms with Crippen molar-refractivity contribution in [1.82, 2.24) is 15.3 Å². The molecule has 3 nitrogen and oxygen atoms in total. The van der Waals surface area contributed by atoms with E-state index in [4.69, 9.17) is 11.6 Å². The summed E-state index contributed by atoms with van der Waals surface area (Å²) in [5.74, 6) is 0.350. The maximum Gasteiger partial charge on any atom is 0.133 e. The summed E-state index contributed by atoms with van der Waals surface area (Å²) in [4.78, 5) is 9.23. The largest absolute Gasteiger partial charge is 0.312 e. The third kappa shape index (κ3) is 2.92. The molecule has 1 aliphatic heterocycles. The van der Waals surface area contributed by atoms with Crippen molar-refractivity contribution < 1.29 is 4.39 Å². The lowest BCUT2D eigenvalue weighted by molar-refractivity contribution is 0.601. The predicted octanol–water partition coefficient (Wildman–Crippen LogP) is 3.07. The summed E-state index contributed by atoms with van der Waals surface area (Å²) >= 11 is 6.09.